The number of hydrogen-bond acceptors (Lipinski definition) is 5. The van der Waals surface area contributed by atoms with Crippen LogP contribution < -0.4 is 5.43 Å². The number of allylic oxidation sites excluding steroid dienone is 1. The standard InChI is InChI=1S/C25H18O7/c1-12-3-8-20-23(18(12)9-13(2)26)22(17-7-5-15(27)11-21(17)32-20)16-6-4-14(24(28)29)10-19(16)25(30)31/h3-11,26H,1-2H3,(H,28,29)(H,30,31)/b13-9+. The van der Waals surface area contributed by atoms with Crippen molar-refractivity contribution >= 4 is 29.0 Å². The molecule has 1 aliphatic heterocycles. The van der Waals surface area contributed by atoms with E-state index in [1.165, 1.54) is 31.2 Å². The van der Waals surface area contributed by atoms with Crippen LogP contribution >= 0.6 is 0 Å². The van der Waals surface area contributed by atoms with Crippen LogP contribution in [0.3, 0.4) is 0 Å². The molecule has 3 N–H and O–H groups in total. The maximum absolute atomic E-state index is 12.1. The molecule has 1 aliphatic carbocycles. The molecule has 2 aliphatic rings. The van der Waals surface area contributed by atoms with E-state index in [0.29, 0.717) is 27.7 Å². The van der Waals surface area contributed by atoms with Crippen LogP contribution in [0.15, 0.2) is 63.5 Å². The van der Waals surface area contributed by atoms with Gasteiger partial charge in [-0.25, -0.2) is 9.59 Å². The van der Waals surface area contributed by atoms with Crippen LogP contribution in [-0.4, -0.2) is 27.3 Å². The summed E-state index contributed by atoms with van der Waals surface area (Å²) in [5.74, 6) is -2.24. The number of fused-ring (bicyclic) bond motifs is 2. The van der Waals surface area contributed by atoms with Crippen molar-refractivity contribution in [3.05, 3.63) is 86.8 Å². The first kappa shape index (κ1) is 20.9. The number of aryl methyl sites for hydroxylation is 1. The maximum atomic E-state index is 12.1. The lowest BCUT2D eigenvalue weighted by atomic mass is 9.87. The lowest BCUT2D eigenvalue weighted by Gasteiger charge is -2.19. The minimum absolute atomic E-state index is 0.0428. The first-order chi connectivity index (χ1) is 15.2. The molecule has 1 heterocycles. The van der Waals surface area contributed by atoms with E-state index in [1.807, 2.05) is 6.92 Å². The Morgan fingerprint density at radius 2 is 1.62 bits per heavy atom. The fourth-order valence-electron chi connectivity index (χ4n) is 3.84. The third-order valence-electron chi connectivity index (χ3n) is 5.24. The Hall–Kier alpha value is -4.39. The van der Waals surface area contributed by atoms with Crippen LogP contribution in [0, 0.1) is 6.92 Å². The molecular formula is C25H18O7. The van der Waals surface area contributed by atoms with Crippen LogP contribution in [0.25, 0.3) is 39.5 Å². The van der Waals surface area contributed by atoms with E-state index in [9.17, 15) is 29.7 Å². The summed E-state index contributed by atoms with van der Waals surface area (Å²) in [4.78, 5) is 35.5. The van der Waals surface area contributed by atoms with Gasteiger partial charge >= 0.3 is 11.9 Å². The highest BCUT2D eigenvalue weighted by Crippen LogP contribution is 2.43. The Balaban J connectivity index is 2.27. The summed E-state index contributed by atoms with van der Waals surface area (Å²) in [7, 11) is 0. The van der Waals surface area contributed by atoms with Crippen molar-refractivity contribution in [2.45, 2.75) is 13.8 Å². The Bertz CT molecular complexity index is 1470. The molecule has 4 rings (SSSR count). The van der Waals surface area contributed by atoms with Gasteiger partial charge in [0.15, 0.2) is 5.43 Å². The number of carboxylic acids is 2. The average Bonchev–Trinajstić information content (AvgIpc) is 2.73. The van der Waals surface area contributed by atoms with Gasteiger partial charge in [0.2, 0.25) is 0 Å². The van der Waals surface area contributed by atoms with Crippen molar-refractivity contribution < 1.29 is 29.3 Å². The van der Waals surface area contributed by atoms with E-state index in [1.54, 1.807) is 24.3 Å². The van der Waals surface area contributed by atoms with Crippen LogP contribution in [0.1, 0.15) is 38.8 Å². The molecule has 0 unspecified atom stereocenters. The van der Waals surface area contributed by atoms with Gasteiger partial charge in [-0.05, 0) is 66.9 Å². The Kier molecular flexibility index (Phi) is 5.02. The fraction of sp³-hybridized carbons (Fsp3) is 0.0800. The molecule has 0 spiro atoms. The number of carboxylic acid groups (broad SMARTS) is 2. The second kappa shape index (κ2) is 7.70. The highest BCUT2D eigenvalue weighted by atomic mass is 16.4. The normalized spacial score (nSPS) is 11.8. The van der Waals surface area contributed by atoms with Crippen LogP contribution in [0.4, 0.5) is 0 Å². The number of carbonyl (C=O) groups is 2. The Labute approximate surface area is 181 Å². The van der Waals surface area contributed by atoms with Crippen LogP contribution in [0.2, 0.25) is 0 Å². The minimum atomic E-state index is -1.30. The predicted octanol–water partition coefficient (Wildman–Crippen LogP) is 5.19. The molecule has 0 saturated carbocycles. The maximum Gasteiger partial charge on any atom is 0.336 e. The van der Waals surface area contributed by atoms with Crippen LogP contribution in [0.5, 0.6) is 0 Å². The number of benzene rings is 3. The first-order valence-corrected chi connectivity index (χ1v) is 9.66. The zero-order valence-electron chi connectivity index (χ0n) is 17.2. The Morgan fingerprint density at radius 3 is 2.28 bits per heavy atom. The second-order valence-electron chi connectivity index (χ2n) is 7.46. The molecular weight excluding hydrogens is 412 g/mol. The van der Waals surface area contributed by atoms with Gasteiger partial charge in [0.25, 0.3) is 0 Å². The molecule has 0 atom stereocenters. The van der Waals surface area contributed by atoms with Crippen molar-refractivity contribution in [3.8, 4) is 22.5 Å². The smallest absolute Gasteiger partial charge is 0.336 e. The molecule has 32 heavy (non-hydrogen) atoms. The van der Waals surface area contributed by atoms with Gasteiger partial charge in [-0.1, -0.05) is 12.1 Å². The van der Waals surface area contributed by atoms with E-state index in [2.05, 4.69) is 0 Å². The molecule has 0 amide bonds. The lowest BCUT2D eigenvalue weighted by molar-refractivity contribution is 0.0696. The third kappa shape index (κ3) is 3.50. The summed E-state index contributed by atoms with van der Waals surface area (Å²) in [6.45, 7) is 3.36. The summed E-state index contributed by atoms with van der Waals surface area (Å²) in [5, 5.41) is 29.7. The summed E-state index contributed by atoms with van der Waals surface area (Å²) in [5.41, 5.74) is 2.38. The predicted molar refractivity (Wildman–Crippen MR) is 119 cm³/mol. The van der Waals surface area contributed by atoms with E-state index in [-0.39, 0.29) is 33.6 Å². The van der Waals surface area contributed by atoms with Crippen molar-refractivity contribution in [2.24, 2.45) is 0 Å². The number of aromatic carboxylic acids is 2. The molecule has 0 aromatic heterocycles. The van der Waals surface area contributed by atoms with E-state index in [4.69, 9.17) is 4.42 Å². The number of aliphatic hydroxyl groups is 1. The fourth-order valence-corrected chi connectivity index (χ4v) is 3.84. The highest BCUT2D eigenvalue weighted by Gasteiger charge is 2.24. The topological polar surface area (TPSA) is 125 Å². The minimum Gasteiger partial charge on any atom is -0.513 e. The molecule has 0 fully saturated rings. The third-order valence-corrected chi connectivity index (χ3v) is 5.24. The summed E-state index contributed by atoms with van der Waals surface area (Å²) in [6.07, 6.45) is 1.55. The van der Waals surface area contributed by atoms with Gasteiger partial charge in [0, 0.05) is 22.6 Å². The van der Waals surface area contributed by atoms with E-state index < -0.39 is 11.9 Å². The zero-order valence-corrected chi connectivity index (χ0v) is 17.2. The molecule has 0 saturated heterocycles. The molecule has 2 aromatic carbocycles. The van der Waals surface area contributed by atoms with Crippen LogP contribution in [-0.2, 0) is 0 Å². The van der Waals surface area contributed by atoms with Gasteiger partial charge in [-0.2, -0.15) is 0 Å². The van der Waals surface area contributed by atoms with Gasteiger partial charge < -0.3 is 19.7 Å². The molecule has 0 bridgehead atoms. The quantitative estimate of drug-likeness (QED) is 0.301. The summed E-state index contributed by atoms with van der Waals surface area (Å²) in [6, 6.07) is 11.6. The average molecular weight is 430 g/mol. The number of rotatable bonds is 4. The number of aliphatic hydroxyl groups excluding tert-OH is 1. The van der Waals surface area contributed by atoms with Crippen molar-refractivity contribution in [2.75, 3.05) is 0 Å². The zero-order chi connectivity index (χ0) is 23.2. The molecule has 0 radical (unpaired) electrons. The van der Waals surface area contributed by atoms with E-state index >= 15 is 0 Å². The summed E-state index contributed by atoms with van der Waals surface area (Å²) < 4.78 is 5.98. The lowest BCUT2D eigenvalue weighted by Crippen LogP contribution is -2.06. The summed E-state index contributed by atoms with van der Waals surface area (Å²) >= 11 is 0. The highest BCUT2D eigenvalue weighted by molar-refractivity contribution is 6.11. The van der Waals surface area contributed by atoms with Crippen molar-refractivity contribution in [3.63, 3.8) is 0 Å². The van der Waals surface area contributed by atoms with Gasteiger partial charge in [0.1, 0.15) is 11.3 Å². The molecule has 2 aromatic rings. The Morgan fingerprint density at radius 1 is 0.906 bits per heavy atom. The van der Waals surface area contributed by atoms with Gasteiger partial charge in [-0.15, -0.1) is 0 Å². The largest absolute Gasteiger partial charge is 0.513 e. The second-order valence-corrected chi connectivity index (χ2v) is 7.46. The molecule has 7 heteroatoms. The monoisotopic (exact) mass is 430 g/mol. The number of hydrogen-bond donors (Lipinski definition) is 3. The molecule has 7 nitrogen and oxygen atoms in total. The van der Waals surface area contributed by atoms with E-state index in [0.717, 1.165) is 11.6 Å². The SMILES string of the molecule is C/C(O)=C\c1c(C)ccc2oc3cc(=O)ccc-3c(-c3ccc(C(=O)O)cc3C(=O)O)c12. The van der Waals surface area contributed by atoms with Crippen molar-refractivity contribution in [1.82, 2.24) is 0 Å². The van der Waals surface area contributed by atoms with Crippen molar-refractivity contribution in [1.29, 1.82) is 0 Å². The molecule has 160 valence electrons. The van der Waals surface area contributed by atoms with Gasteiger partial charge in [0.05, 0.1) is 16.9 Å². The first-order valence-electron chi connectivity index (χ1n) is 9.66. The van der Waals surface area contributed by atoms with Gasteiger partial charge in [-0.3, -0.25) is 4.79 Å².